The zero-order valence-corrected chi connectivity index (χ0v) is 1.89. The molecule has 2 heterocycles. The summed E-state index contributed by atoms with van der Waals surface area (Å²) in [5.74, 6) is 2.00. The standard InChI is InChI=1S/C2N2/c3-1-2(3)4-1. The van der Waals surface area contributed by atoms with E-state index in [0.717, 1.165) is 11.7 Å². The van der Waals surface area contributed by atoms with Crippen LogP contribution in [0, 0.1) is 0 Å². The number of nitrogens with zero attached hydrogens (tertiary/aromatic N) is 2. The molecule has 0 radical (unpaired) electrons. The molecule has 2 nitrogen and oxygen atoms in total. The first-order valence-electron chi connectivity index (χ1n) is 1.14. The number of hydrogen-bond donors (Lipinski definition) is 0. The van der Waals surface area contributed by atoms with Crippen molar-refractivity contribution in [1.29, 1.82) is 0 Å². The van der Waals surface area contributed by atoms with E-state index < -0.39 is 0 Å². The van der Waals surface area contributed by atoms with Gasteiger partial charge < -0.3 is 0 Å². The predicted octanol–water partition coefficient (Wildman–Crippen LogP) is -0.189. The summed E-state index contributed by atoms with van der Waals surface area (Å²) in [7, 11) is 0. The molecule has 2 heteroatoms. The van der Waals surface area contributed by atoms with Gasteiger partial charge >= 0.3 is 0 Å². The first-order valence-corrected chi connectivity index (χ1v) is 1.14. The highest BCUT2D eigenvalue weighted by Crippen LogP contribution is 2.18. The van der Waals surface area contributed by atoms with E-state index in [0.29, 0.717) is 0 Å². The van der Waals surface area contributed by atoms with Crippen molar-refractivity contribution in [1.82, 2.24) is 0 Å². The highest BCUT2D eigenvalue weighted by atomic mass is 15.3. The lowest BCUT2D eigenvalue weighted by Crippen LogP contribution is -1.33. The van der Waals surface area contributed by atoms with E-state index in [9.17, 15) is 0 Å². The Morgan fingerprint density at radius 2 is 1.25 bits per heavy atom. The molecule has 0 saturated heterocycles. The minimum Gasteiger partial charge on any atom is -0.202 e. The molecule has 4 heavy (non-hydrogen) atoms. The largest absolute Gasteiger partial charge is 0.202 e. The summed E-state index contributed by atoms with van der Waals surface area (Å²) in [6.45, 7) is 0. The Labute approximate surface area is 22.9 Å². The van der Waals surface area contributed by atoms with Crippen LogP contribution in [0.4, 0.5) is 0 Å². The zero-order chi connectivity index (χ0) is 2.57. The third kappa shape index (κ3) is 0.00288. The summed E-state index contributed by atoms with van der Waals surface area (Å²) in [5.41, 5.74) is 0. The van der Waals surface area contributed by atoms with E-state index in [4.69, 9.17) is 0 Å². The second-order valence-corrected chi connectivity index (χ2v) is 0.871. The Morgan fingerprint density at radius 3 is 1.25 bits per heavy atom. The molecule has 18 valence electrons. The topological polar surface area (TPSA) is 24.7 Å². The Morgan fingerprint density at radius 1 is 1.00 bits per heavy atom. The molecule has 0 aromatic carbocycles. The fourth-order valence-corrected chi connectivity index (χ4v) is 0.150. The number of rotatable bonds is 0. The van der Waals surface area contributed by atoms with E-state index in [1.165, 1.54) is 0 Å². The van der Waals surface area contributed by atoms with Crippen molar-refractivity contribution in [2.75, 3.05) is 0 Å². The van der Waals surface area contributed by atoms with Crippen LogP contribution < -0.4 is 0 Å². The van der Waals surface area contributed by atoms with E-state index in [-0.39, 0.29) is 0 Å². The van der Waals surface area contributed by atoms with Crippen molar-refractivity contribution in [3.8, 4) is 0 Å². The summed E-state index contributed by atoms with van der Waals surface area (Å²) in [6.07, 6.45) is 0. The van der Waals surface area contributed by atoms with Crippen LogP contribution in [0.25, 0.3) is 0 Å². The molecule has 0 saturated carbocycles. The van der Waals surface area contributed by atoms with Gasteiger partial charge in [0.25, 0.3) is 0 Å². The van der Waals surface area contributed by atoms with Crippen molar-refractivity contribution in [2.45, 2.75) is 0 Å². The molecule has 2 rings (SSSR count). The van der Waals surface area contributed by atoms with Gasteiger partial charge in [-0.25, -0.2) is 9.98 Å². The molecule has 0 amide bonds. The monoisotopic (exact) mass is 52.0 g/mol. The number of hydrogen-bond acceptors (Lipinski definition) is 2. The minimum absolute atomic E-state index is 1.00. The van der Waals surface area contributed by atoms with Gasteiger partial charge in [0.1, 0.15) is 0 Å². The van der Waals surface area contributed by atoms with Crippen molar-refractivity contribution >= 4 is 11.7 Å². The molecule has 0 aliphatic carbocycles. The Bertz CT molecular complexity index is 98.5. The summed E-state index contributed by atoms with van der Waals surface area (Å²) < 4.78 is 0. The van der Waals surface area contributed by atoms with Gasteiger partial charge in [-0.2, -0.15) is 0 Å². The SMILES string of the molecule is N1=C2N=C12. The van der Waals surface area contributed by atoms with Crippen molar-refractivity contribution < 1.29 is 0 Å². The predicted molar refractivity (Wildman–Crippen MR) is 14.9 cm³/mol. The molecule has 0 aromatic rings. The maximum Gasteiger partial charge on any atom is 0.202 e. The third-order valence-electron chi connectivity index (χ3n) is 0.524. The molecule has 0 spiro atoms. The van der Waals surface area contributed by atoms with Gasteiger partial charge in [-0.3, -0.25) is 0 Å². The number of fused-ring (bicyclic) bond motifs is 1. The van der Waals surface area contributed by atoms with Gasteiger partial charge in [-0.1, -0.05) is 0 Å². The van der Waals surface area contributed by atoms with Crippen molar-refractivity contribution in [3.05, 3.63) is 0 Å². The summed E-state index contributed by atoms with van der Waals surface area (Å²) in [6, 6.07) is 0. The third-order valence-corrected chi connectivity index (χ3v) is 0.524. The van der Waals surface area contributed by atoms with Crippen LogP contribution in [0.5, 0.6) is 0 Å². The highest BCUT2D eigenvalue weighted by molar-refractivity contribution is 6.69. The number of amidine groups is 1. The lowest BCUT2D eigenvalue weighted by atomic mass is 11.0. The molecule has 0 aromatic heterocycles. The fourth-order valence-electron chi connectivity index (χ4n) is 0.150. The van der Waals surface area contributed by atoms with Crippen LogP contribution >= 0.6 is 0 Å². The van der Waals surface area contributed by atoms with Gasteiger partial charge in [0, 0.05) is 0 Å². The maximum atomic E-state index is 3.67. The molecule has 2 aliphatic heterocycles. The first kappa shape index (κ1) is 0.971. The van der Waals surface area contributed by atoms with E-state index >= 15 is 0 Å². The fraction of sp³-hybridized carbons (Fsp3) is 0. The van der Waals surface area contributed by atoms with Gasteiger partial charge in [-0.05, 0) is 0 Å². The van der Waals surface area contributed by atoms with Gasteiger partial charge in [0.2, 0.25) is 11.7 Å². The van der Waals surface area contributed by atoms with Gasteiger partial charge in [0.05, 0.1) is 0 Å². The highest BCUT2D eigenvalue weighted by Gasteiger charge is 2.35. The molecule has 0 fully saturated rings. The second kappa shape index (κ2) is 0.0780. The molecule has 0 N–H and O–H groups in total. The smallest absolute Gasteiger partial charge is 0.202 e. The lowest BCUT2D eigenvalue weighted by molar-refractivity contribution is 1.75. The van der Waals surface area contributed by atoms with Crippen LogP contribution in [0.3, 0.4) is 0 Å². The molecule has 0 unspecified atom stereocenters. The van der Waals surface area contributed by atoms with Crippen LogP contribution in [-0.4, -0.2) is 11.7 Å². The second-order valence-electron chi connectivity index (χ2n) is 0.871. The normalized spacial score (nSPS) is 26.0. The minimum atomic E-state index is 1.00. The molecule has 2 aliphatic rings. The van der Waals surface area contributed by atoms with Crippen LogP contribution in [-0.2, 0) is 0 Å². The zero-order valence-electron chi connectivity index (χ0n) is 1.89. The van der Waals surface area contributed by atoms with E-state index in [2.05, 4.69) is 9.98 Å². The van der Waals surface area contributed by atoms with Crippen molar-refractivity contribution in [2.24, 2.45) is 9.98 Å². The lowest BCUT2D eigenvalue weighted by Gasteiger charge is -1.35. The van der Waals surface area contributed by atoms with Crippen LogP contribution in [0.1, 0.15) is 0 Å². The quantitative estimate of drug-likeness (QED) is 0.365. The Kier molecular flexibility index (Phi) is 0.0189. The molecule has 0 bridgehead atoms. The average molecular weight is 52.0 g/mol. The first-order chi connectivity index (χ1) is 1.97. The van der Waals surface area contributed by atoms with E-state index in [1.54, 1.807) is 0 Å². The van der Waals surface area contributed by atoms with E-state index in [1.807, 2.05) is 0 Å². The summed E-state index contributed by atoms with van der Waals surface area (Å²) >= 11 is 0. The maximum absolute atomic E-state index is 3.67. The summed E-state index contributed by atoms with van der Waals surface area (Å²) in [5, 5.41) is 0. The molecular formula is C2N2. The number of aliphatic imine (C=N–C) groups is 2. The Hall–Kier alpha value is -0.660. The van der Waals surface area contributed by atoms with Gasteiger partial charge in [0.15, 0.2) is 0 Å². The molecule has 0 atom stereocenters. The Balaban J connectivity index is 3.10. The van der Waals surface area contributed by atoms with Gasteiger partial charge in [-0.15, -0.1) is 0 Å². The average Bonchev–Trinajstić information content (AvgIpc) is 1.36. The van der Waals surface area contributed by atoms with Crippen molar-refractivity contribution in [3.63, 3.8) is 0 Å². The van der Waals surface area contributed by atoms with Crippen LogP contribution in [0.2, 0.25) is 0 Å². The van der Waals surface area contributed by atoms with Crippen LogP contribution in [0.15, 0.2) is 9.98 Å². The molecular weight excluding hydrogens is 52.0 g/mol. The summed E-state index contributed by atoms with van der Waals surface area (Å²) in [4.78, 5) is 7.33.